The van der Waals surface area contributed by atoms with Crippen molar-refractivity contribution in [2.24, 2.45) is 0 Å². The molecular weight excluding hydrogens is 596 g/mol. The van der Waals surface area contributed by atoms with E-state index in [-0.39, 0.29) is 53.9 Å². The smallest absolute Gasteiger partial charge is 0.346 e. The van der Waals surface area contributed by atoms with Crippen molar-refractivity contribution in [2.75, 3.05) is 20.1 Å². The zero-order chi connectivity index (χ0) is 32.9. The van der Waals surface area contributed by atoms with E-state index in [1.807, 2.05) is 79.9 Å². The Hall–Kier alpha value is -4.93. The lowest BCUT2D eigenvalue weighted by Crippen LogP contribution is -2.43. The fourth-order valence-electron chi connectivity index (χ4n) is 6.07. The van der Waals surface area contributed by atoms with Gasteiger partial charge in [-0.25, -0.2) is 9.59 Å². The molecule has 240 valence electrons. The van der Waals surface area contributed by atoms with E-state index in [9.17, 15) is 19.5 Å². The highest BCUT2D eigenvalue weighted by Crippen LogP contribution is 2.47. The lowest BCUT2D eigenvalue weighted by Gasteiger charge is -2.44. The van der Waals surface area contributed by atoms with Gasteiger partial charge < -0.3 is 29.5 Å². The zero-order valence-electron chi connectivity index (χ0n) is 26.0. The molecule has 0 aromatic heterocycles. The number of cyclic esters (lactones) is 2. The molecule has 47 heavy (non-hydrogen) atoms. The number of esters is 2. The molecule has 0 aliphatic carbocycles. The first kappa shape index (κ1) is 32.0. The number of fused-ring (bicyclic) bond motifs is 1. The number of ether oxygens (including phenoxy) is 3. The van der Waals surface area contributed by atoms with Crippen LogP contribution in [-0.2, 0) is 27.4 Å². The Labute approximate surface area is 273 Å². The van der Waals surface area contributed by atoms with Crippen LogP contribution in [0, 0.1) is 0 Å². The van der Waals surface area contributed by atoms with Crippen molar-refractivity contribution in [3.63, 3.8) is 0 Å². The summed E-state index contributed by atoms with van der Waals surface area (Å²) in [7, 11) is 2.04. The fourth-order valence-corrected chi connectivity index (χ4v) is 6.07. The zero-order valence-corrected chi connectivity index (χ0v) is 26.0. The van der Waals surface area contributed by atoms with Gasteiger partial charge in [0.25, 0.3) is 5.91 Å². The second kappa shape index (κ2) is 14.2. The molecule has 4 aromatic rings. The maximum atomic E-state index is 12.8. The van der Waals surface area contributed by atoms with E-state index >= 15 is 0 Å². The van der Waals surface area contributed by atoms with Crippen molar-refractivity contribution in [1.29, 1.82) is 0 Å². The third-order valence-corrected chi connectivity index (χ3v) is 8.51. The standard InChI is InChI=1S/C38H36N2O7/c1-3-19-40(2)22-32-33(26-7-5-4-6-8-26)34(27-13-11-25(23-41)12-14-27)46-38(45-32)28-15-9-24(10-16-28)21-39-35(42)29-17-18-30-31(20-29)37(44)47-36(30)43/h3-18,20,32-34,38,41H,1,19,21-23H2,2H3,(H,39,42). The maximum Gasteiger partial charge on any atom is 0.346 e. The van der Waals surface area contributed by atoms with Gasteiger partial charge in [-0.2, -0.15) is 0 Å². The molecule has 4 aromatic carbocycles. The van der Waals surface area contributed by atoms with Crippen LogP contribution in [0.1, 0.15) is 77.2 Å². The van der Waals surface area contributed by atoms with E-state index in [2.05, 4.69) is 33.7 Å². The third kappa shape index (κ3) is 7.08. The predicted octanol–water partition coefficient (Wildman–Crippen LogP) is 5.48. The molecule has 2 heterocycles. The second-order valence-corrected chi connectivity index (χ2v) is 11.8. The number of hydrogen-bond acceptors (Lipinski definition) is 8. The Bertz CT molecular complexity index is 1760. The summed E-state index contributed by atoms with van der Waals surface area (Å²) in [4.78, 5) is 38.6. The average Bonchev–Trinajstić information content (AvgIpc) is 3.39. The number of aliphatic hydroxyl groups excluding tert-OH is 1. The maximum absolute atomic E-state index is 12.8. The van der Waals surface area contributed by atoms with Gasteiger partial charge in [0, 0.05) is 36.7 Å². The largest absolute Gasteiger partial charge is 0.392 e. The van der Waals surface area contributed by atoms with Crippen molar-refractivity contribution < 1.29 is 33.7 Å². The van der Waals surface area contributed by atoms with Gasteiger partial charge >= 0.3 is 11.9 Å². The number of aliphatic hydroxyl groups is 1. The van der Waals surface area contributed by atoms with Crippen molar-refractivity contribution in [3.8, 4) is 0 Å². The summed E-state index contributed by atoms with van der Waals surface area (Å²) in [5, 5.41) is 12.5. The van der Waals surface area contributed by atoms with Gasteiger partial charge in [0.05, 0.1) is 29.9 Å². The molecule has 6 rings (SSSR count). The molecule has 4 atom stereocenters. The Kier molecular flexibility index (Phi) is 9.70. The molecule has 9 nitrogen and oxygen atoms in total. The molecule has 0 radical (unpaired) electrons. The van der Waals surface area contributed by atoms with Crippen LogP contribution in [0.5, 0.6) is 0 Å². The van der Waals surface area contributed by atoms with Crippen molar-refractivity contribution >= 4 is 17.8 Å². The van der Waals surface area contributed by atoms with Crippen LogP contribution in [0.4, 0.5) is 0 Å². The van der Waals surface area contributed by atoms with Gasteiger partial charge in [-0.1, -0.05) is 84.9 Å². The summed E-state index contributed by atoms with van der Waals surface area (Å²) in [6, 6.07) is 30.1. The lowest BCUT2D eigenvalue weighted by molar-refractivity contribution is -0.263. The van der Waals surface area contributed by atoms with Crippen LogP contribution in [0.3, 0.4) is 0 Å². The predicted molar refractivity (Wildman–Crippen MR) is 174 cm³/mol. The van der Waals surface area contributed by atoms with Crippen molar-refractivity contribution in [3.05, 3.63) is 154 Å². The van der Waals surface area contributed by atoms with E-state index in [0.717, 1.165) is 27.8 Å². The van der Waals surface area contributed by atoms with Crippen LogP contribution < -0.4 is 5.32 Å². The van der Waals surface area contributed by atoms with Gasteiger partial charge in [-0.15, -0.1) is 6.58 Å². The molecule has 2 aliphatic rings. The molecule has 1 fully saturated rings. The molecule has 0 bridgehead atoms. The normalized spacial score (nSPS) is 20.5. The number of nitrogens with one attached hydrogen (secondary N) is 1. The minimum absolute atomic E-state index is 0.0373. The number of nitrogens with zero attached hydrogens (tertiary/aromatic N) is 1. The first-order valence-corrected chi connectivity index (χ1v) is 15.5. The Balaban J connectivity index is 1.22. The lowest BCUT2D eigenvalue weighted by atomic mass is 9.83. The fraction of sp³-hybridized carbons (Fsp3) is 0.237. The minimum atomic E-state index is -0.753. The Morgan fingerprint density at radius 3 is 2.23 bits per heavy atom. The van der Waals surface area contributed by atoms with Crippen LogP contribution in [0.2, 0.25) is 0 Å². The molecule has 0 spiro atoms. The number of rotatable bonds is 11. The van der Waals surface area contributed by atoms with Gasteiger partial charge in [-0.05, 0) is 47.5 Å². The van der Waals surface area contributed by atoms with Gasteiger partial charge in [0.2, 0.25) is 0 Å². The molecule has 1 amide bonds. The summed E-state index contributed by atoms with van der Waals surface area (Å²) in [6.45, 7) is 5.46. The highest BCUT2D eigenvalue weighted by molar-refractivity contribution is 6.15. The van der Waals surface area contributed by atoms with Gasteiger partial charge in [0.1, 0.15) is 0 Å². The first-order chi connectivity index (χ1) is 22.8. The summed E-state index contributed by atoms with van der Waals surface area (Å²) >= 11 is 0. The first-order valence-electron chi connectivity index (χ1n) is 15.5. The third-order valence-electron chi connectivity index (χ3n) is 8.51. The summed E-state index contributed by atoms with van der Waals surface area (Å²) in [5.74, 6) is -1.94. The second-order valence-electron chi connectivity index (χ2n) is 11.8. The quantitative estimate of drug-likeness (QED) is 0.127. The topological polar surface area (TPSA) is 114 Å². The van der Waals surface area contributed by atoms with E-state index in [4.69, 9.17) is 9.47 Å². The van der Waals surface area contributed by atoms with Crippen molar-refractivity contribution in [2.45, 2.75) is 37.6 Å². The molecule has 0 saturated carbocycles. The highest BCUT2D eigenvalue weighted by Gasteiger charge is 2.42. The van der Waals surface area contributed by atoms with Crippen LogP contribution in [0.15, 0.2) is 110 Å². The molecule has 2 N–H and O–H groups in total. The summed E-state index contributed by atoms with van der Waals surface area (Å²) in [6.07, 6.45) is 0.667. The van der Waals surface area contributed by atoms with Gasteiger partial charge in [-0.3, -0.25) is 4.79 Å². The van der Waals surface area contributed by atoms with E-state index in [0.29, 0.717) is 13.1 Å². The summed E-state index contributed by atoms with van der Waals surface area (Å²) < 4.78 is 18.1. The van der Waals surface area contributed by atoms with E-state index in [1.165, 1.54) is 18.2 Å². The number of carbonyl (C=O) groups is 3. The average molecular weight is 633 g/mol. The number of hydrogen-bond donors (Lipinski definition) is 2. The number of likely N-dealkylation sites (N-methyl/N-ethyl adjacent to an activating group) is 1. The van der Waals surface area contributed by atoms with E-state index in [1.54, 1.807) is 0 Å². The van der Waals surface area contributed by atoms with Crippen LogP contribution in [-0.4, -0.2) is 54.1 Å². The Morgan fingerprint density at radius 1 is 0.851 bits per heavy atom. The number of amides is 1. The molecular formula is C38H36N2O7. The number of carbonyl (C=O) groups excluding carboxylic acids is 3. The van der Waals surface area contributed by atoms with Crippen LogP contribution in [0.25, 0.3) is 0 Å². The summed E-state index contributed by atoms with van der Waals surface area (Å²) in [5.41, 5.74) is 5.12. The molecule has 1 saturated heterocycles. The number of benzene rings is 4. The SMILES string of the molecule is C=CCN(C)CC1OC(c2ccc(CNC(=O)c3ccc4c(c3)C(=O)OC4=O)cc2)OC(c2ccc(CO)cc2)C1c1ccccc1. The van der Waals surface area contributed by atoms with Crippen LogP contribution >= 0.6 is 0 Å². The monoisotopic (exact) mass is 632 g/mol. The minimum Gasteiger partial charge on any atom is -0.392 e. The molecule has 9 heteroatoms. The van der Waals surface area contributed by atoms with E-state index < -0.39 is 18.2 Å². The molecule has 2 aliphatic heterocycles. The highest BCUT2D eigenvalue weighted by atomic mass is 16.7. The molecule has 4 unspecified atom stereocenters. The van der Waals surface area contributed by atoms with Gasteiger partial charge in [0.15, 0.2) is 6.29 Å². The Morgan fingerprint density at radius 2 is 1.53 bits per heavy atom. The van der Waals surface area contributed by atoms with Crippen molar-refractivity contribution in [1.82, 2.24) is 10.2 Å².